The fraction of sp³-hybridized carbons (Fsp3) is 0.500. The number of rotatable bonds is 4. The highest BCUT2D eigenvalue weighted by Gasteiger charge is 2.29. The van der Waals surface area contributed by atoms with Crippen LogP contribution in [0.4, 0.5) is 8.78 Å². The molecule has 0 spiro atoms. The molecule has 1 heterocycles. The van der Waals surface area contributed by atoms with Crippen LogP contribution in [0.2, 0.25) is 0 Å². The number of aliphatic hydroxyl groups is 1. The van der Waals surface area contributed by atoms with E-state index in [1.54, 1.807) is 24.5 Å². The van der Waals surface area contributed by atoms with Gasteiger partial charge in [0.1, 0.15) is 0 Å². The standard InChI is InChI=1S/C10H13F2NO/c1-2-8(6-10(11,12)14)9-4-3-5-13-7-9/h3-5,7-8,14H,2,6H2,1H3. The molecule has 14 heavy (non-hydrogen) atoms. The summed E-state index contributed by atoms with van der Waals surface area (Å²) in [7, 11) is 0. The smallest absolute Gasteiger partial charge is 0.336 e. The average Bonchev–Trinajstić information content (AvgIpc) is 2.14. The fourth-order valence-corrected chi connectivity index (χ4v) is 1.41. The summed E-state index contributed by atoms with van der Waals surface area (Å²) in [5.41, 5.74) is 0.740. The van der Waals surface area contributed by atoms with Crippen LogP contribution < -0.4 is 0 Å². The van der Waals surface area contributed by atoms with Crippen LogP contribution in [0, 0.1) is 0 Å². The summed E-state index contributed by atoms with van der Waals surface area (Å²) in [6.45, 7) is 1.81. The quantitative estimate of drug-likeness (QED) is 0.812. The van der Waals surface area contributed by atoms with Gasteiger partial charge in [-0.2, -0.15) is 8.78 Å². The van der Waals surface area contributed by atoms with E-state index in [-0.39, 0.29) is 5.92 Å². The molecule has 1 aromatic heterocycles. The highest BCUT2D eigenvalue weighted by molar-refractivity contribution is 5.14. The van der Waals surface area contributed by atoms with Gasteiger partial charge in [0.05, 0.1) is 0 Å². The van der Waals surface area contributed by atoms with E-state index in [2.05, 4.69) is 4.98 Å². The normalized spacial score (nSPS) is 14.0. The molecule has 0 saturated carbocycles. The monoisotopic (exact) mass is 201 g/mol. The molecular weight excluding hydrogens is 188 g/mol. The van der Waals surface area contributed by atoms with Crippen LogP contribution >= 0.6 is 0 Å². The van der Waals surface area contributed by atoms with E-state index in [4.69, 9.17) is 5.11 Å². The SMILES string of the molecule is CCC(CC(O)(F)F)c1cccnc1. The van der Waals surface area contributed by atoms with Gasteiger partial charge < -0.3 is 5.11 Å². The Balaban J connectivity index is 2.73. The van der Waals surface area contributed by atoms with Crippen molar-refractivity contribution < 1.29 is 13.9 Å². The number of nitrogens with zero attached hydrogens (tertiary/aromatic N) is 1. The predicted molar refractivity (Wildman–Crippen MR) is 49.1 cm³/mol. The Bertz CT molecular complexity index is 271. The maximum absolute atomic E-state index is 12.4. The van der Waals surface area contributed by atoms with Crippen LogP contribution in [0.15, 0.2) is 24.5 Å². The third-order valence-electron chi connectivity index (χ3n) is 2.14. The van der Waals surface area contributed by atoms with Crippen molar-refractivity contribution in [2.45, 2.75) is 31.8 Å². The Morgan fingerprint density at radius 1 is 1.57 bits per heavy atom. The van der Waals surface area contributed by atoms with E-state index < -0.39 is 12.5 Å². The van der Waals surface area contributed by atoms with E-state index in [0.29, 0.717) is 6.42 Å². The lowest BCUT2D eigenvalue weighted by atomic mass is 9.94. The van der Waals surface area contributed by atoms with E-state index in [9.17, 15) is 8.78 Å². The Kier molecular flexibility index (Phi) is 3.52. The first-order chi connectivity index (χ1) is 6.53. The van der Waals surface area contributed by atoms with Gasteiger partial charge in [0, 0.05) is 18.8 Å². The summed E-state index contributed by atoms with van der Waals surface area (Å²) in [6, 6.07) is 3.44. The summed E-state index contributed by atoms with van der Waals surface area (Å²) in [5, 5.41) is 8.43. The zero-order valence-electron chi connectivity index (χ0n) is 7.95. The van der Waals surface area contributed by atoms with Gasteiger partial charge >= 0.3 is 6.11 Å². The molecule has 0 aliphatic carbocycles. The summed E-state index contributed by atoms with van der Waals surface area (Å²) >= 11 is 0. The van der Waals surface area contributed by atoms with Gasteiger partial charge in [-0.1, -0.05) is 13.0 Å². The van der Waals surface area contributed by atoms with Gasteiger partial charge in [-0.3, -0.25) is 4.98 Å². The van der Waals surface area contributed by atoms with E-state index in [1.165, 1.54) is 0 Å². The molecule has 2 nitrogen and oxygen atoms in total. The van der Waals surface area contributed by atoms with Crippen molar-refractivity contribution in [2.75, 3.05) is 0 Å². The summed E-state index contributed by atoms with van der Waals surface area (Å²) in [4.78, 5) is 3.86. The van der Waals surface area contributed by atoms with Crippen molar-refractivity contribution >= 4 is 0 Å². The molecule has 1 rings (SSSR count). The number of pyridine rings is 1. The third kappa shape index (κ3) is 3.38. The van der Waals surface area contributed by atoms with E-state index in [1.807, 2.05) is 6.92 Å². The van der Waals surface area contributed by atoms with Crippen molar-refractivity contribution in [1.29, 1.82) is 0 Å². The lowest BCUT2D eigenvalue weighted by molar-refractivity contribution is -0.206. The van der Waals surface area contributed by atoms with Crippen molar-refractivity contribution in [3.63, 3.8) is 0 Å². The minimum atomic E-state index is -3.60. The number of aromatic nitrogens is 1. The number of hydrogen-bond donors (Lipinski definition) is 1. The molecule has 0 aliphatic heterocycles. The topological polar surface area (TPSA) is 33.1 Å². The lowest BCUT2D eigenvalue weighted by Gasteiger charge is -2.17. The van der Waals surface area contributed by atoms with Crippen LogP contribution in [0.25, 0.3) is 0 Å². The second-order valence-corrected chi connectivity index (χ2v) is 3.26. The van der Waals surface area contributed by atoms with E-state index in [0.717, 1.165) is 5.56 Å². The van der Waals surface area contributed by atoms with Crippen LogP contribution in [0.1, 0.15) is 31.2 Å². The molecule has 1 atom stereocenters. The van der Waals surface area contributed by atoms with Crippen LogP contribution in [-0.4, -0.2) is 16.2 Å². The Labute approximate surface area is 81.6 Å². The summed E-state index contributed by atoms with van der Waals surface area (Å²) < 4.78 is 24.8. The van der Waals surface area contributed by atoms with Gasteiger partial charge in [0.15, 0.2) is 0 Å². The van der Waals surface area contributed by atoms with Gasteiger partial charge in [-0.25, -0.2) is 0 Å². The summed E-state index contributed by atoms with van der Waals surface area (Å²) in [5.74, 6) is -0.344. The molecule has 0 amide bonds. The van der Waals surface area contributed by atoms with Crippen molar-refractivity contribution in [1.82, 2.24) is 4.98 Å². The fourth-order valence-electron chi connectivity index (χ4n) is 1.41. The van der Waals surface area contributed by atoms with Crippen molar-refractivity contribution in [2.24, 2.45) is 0 Å². The largest absolute Gasteiger partial charge is 0.353 e. The van der Waals surface area contributed by atoms with Crippen LogP contribution in [0.5, 0.6) is 0 Å². The van der Waals surface area contributed by atoms with E-state index >= 15 is 0 Å². The number of hydrogen-bond acceptors (Lipinski definition) is 2. The van der Waals surface area contributed by atoms with Crippen LogP contribution in [-0.2, 0) is 0 Å². The minimum absolute atomic E-state index is 0.344. The Hall–Kier alpha value is -1.03. The van der Waals surface area contributed by atoms with Gasteiger partial charge in [-0.15, -0.1) is 0 Å². The molecule has 0 bridgehead atoms. The van der Waals surface area contributed by atoms with Crippen molar-refractivity contribution in [3.05, 3.63) is 30.1 Å². The molecular formula is C10H13F2NO. The number of halogens is 2. The third-order valence-corrected chi connectivity index (χ3v) is 2.14. The van der Waals surface area contributed by atoms with Gasteiger partial charge in [0.25, 0.3) is 0 Å². The molecule has 0 aromatic carbocycles. The molecule has 4 heteroatoms. The number of alkyl halides is 2. The Morgan fingerprint density at radius 3 is 2.71 bits per heavy atom. The molecule has 0 aliphatic rings. The zero-order valence-corrected chi connectivity index (χ0v) is 7.95. The molecule has 78 valence electrons. The van der Waals surface area contributed by atoms with Gasteiger partial charge in [-0.05, 0) is 24.0 Å². The molecule has 1 aromatic rings. The summed E-state index contributed by atoms with van der Waals surface area (Å²) in [6.07, 6.45) is -0.444. The second kappa shape index (κ2) is 4.46. The lowest BCUT2D eigenvalue weighted by Crippen LogP contribution is -2.18. The highest BCUT2D eigenvalue weighted by atomic mass is 19.3. The molecule has 0 saturated heterocycles. The zero-order chi connectivity index (χ0) is 10.6. The Morgan fingerprint density at radius 2 is 2.29 bits per heavy atom. The molecule has 1 unspecified atom stereocenters. The minimum Gasteiger partial charge on any atom is -0.336 e. The maximum atomic E-state index is 12.4. The molecule has 1 N–H and O–H groups in total. The first-order valence-electron chi connectivity index (χ1n) is 4.53. The maximum Gasteiger partial charge on any atom is 0.353 e. The van der Waals surface area contributed by atoms with Gasteiger partial charge in [0.2, 0.25) is 0 Å². The second-order valence-electron chi connectivity index (χ2n) is 3.26. The molecule has 0 radical (unpaired) electrons. The first kappa shape index (κ1) is 11.0. The van der Waals surface area contributed by atoms with Crippen molar-refractivity contribution in [3.8, 4) is 0 Å². The highest BCUT2D eigenvalue weighted by Crippen LogP contribution is 2.29. The van der Waals surface area contributed by atoms with Crippen LogP contribution in [0.3, 0.4) is 0 Å². The molecule has 0 fully saturated rings. The predicted octanol–water partition coefficient (Wildman–Crippen LogP) is 2.55. The average molecular weight is 201 g/mol. The first-order valence-corrected chi connectivity index (χ1v) is 4.53.